The van der Waals surface area contributed by atoms with Gasteiger partial charge in [0.05, 0.1) is 0 Å². The number of rotatable bonds is 5. The first-order chi connectivity index (χ1) is 10.0. The van der Waals surface area contributed by atoms with Crippen molar-refractivity contribution in [3.63, 3.8) is 0 Å². The summed E-state index contributed by atoms with van der Waals surface area (Å²) in [5, 5.41) is 4.77. The van der Waals surface area contributed by atoms with Crippen LogP contribution in [0.25, 0.3) is 0 Å². The topological polar surface area (TPSA) is 50.9 Å². The Labute approximate surface area is 135 Å². The highest BCUT2D eigenvalue weighted by atomic mass is 35.5. The van der Waals surface area contributed by atoms with Crippen molar-refractivity contribution in [1.82, 2.24) is 10.3 Å². The molecule has 0 aliphatic rings. The molecule has 0 amide bonds. The Bertz CT molecular complexity index is 609. The van der Waals surface area contributed by atoms with E-state index in [0.717, 1.165) is 29.7 Å². The van der Waals surface area contributed by atoms with Crippen LogP contribution in [-0.2, 0) is 6.42 Å². The van der Waals surface area contributed by atoms with E-state index in [2.05, 4.69) is 17.2 Å². The average molecular weight is 324 g/mol. The van der Waals surface area contributed by atoms with Gasteiger partial charge in [-0.1, -0.05) is 36.2 Å². The molecule has 1 heterocycles. The first-order valence-electron chi connectivity index (χ1n) is 6.91. The van der Waals surface area contributed by atoms with Crippen LogP contribution in [0.5, 0.6) is 0 Å². The van der Waals surface area contributed by atoms with Crippen LogP contribution in [0.1, 0.15) is 29.7 Å². The highest BCUT2D eigenvalue weighted by Gasteiger charge is 2.18. The van der Waals surface area contributed by atoms with Crippen LogP contribution in [0, 0.1) is 6.92 Å². The summed E-state index contributed by atoms with van der Waals surface area (Å²) in [6.07, 6.45) is 2.47. The van der Waals surface area contributed by atoms with Crippen LogP contribution in [-0.4, -0.2) is 11.5 Å². The van der Waals surface area contributed by atoms with Gasteiger partial charge in [-0.25, -0.2) is 4.98 Å². The van der Waals surface area contributed by atoms with Gasteiger partial charge in [0, 0.05) is 27.8 Å². The number of likely N-dealkylation sites (N-methyl/N-ethyl adjacent to an activating group) is 1. The van der Waals surface area contributed by atoms with Crippen molar-refractivity contribution < 1.29 is 0 Å². The highest BCUT2D eigenvalue weighted by Crippen LogP contribution is 2.29. The minimum Gasteiger partial charge on any atom is -0.383 e. The maximum atomic E-state index is 6.28. The fourth-order valence-electron chi connectivity index (χ4n) is 2.47. The number of nitrogens with two attached hydrogens (primary N) is 1. The summed E-state index contributed by atoms with van der Waals surface area (Å²) in [7, 11) is 0. The SMILES string of the molecule is CCNC(Cc1ccc(Cl)cc1Cl)c1c(C)ccnc1N. The zero-order valence-electron chi connectivity index (χ0n) is 12.2. The van der Waals surface area contributed by atoms with E-state index in [1.54, 1.807) is 12.3 Å². The van der Waals surface area contributed by atoms with Gasteiger partial charge in [-0.3, -0.25) is 0 Å². The standard InChI is InChI=1S/C16H19Cl2N3/c1-3-20-14(15-10(2)6-7-21-16(15)19)8-11-4-5-12(17)9-13(11)18/h4-7,9,14,20H,3,8H2,1-2H3,(H2,19,21). The number of pyridine rings is 1. The number of halogens is 2. The van der Waals surface area contributed by atoms with E-state index < -0.39 is 0 Å². The van der Waals surface area contributed by atoms with Gasteiger partial charge < -0.3 is 11.1 Å². The van der Waals surface area contributed by atoms with Crippen molar-refractivity contribution in [1.29, 1.82) is 0 Å². The van der Waals surface area contributed by atoms with E-state index in [1.165, 1.54) is 0 Å². The van der Waals surface area contributed by atoms with Crippen LogP contribution in [0.4, 0.5) is 5.82 Å². The molecule has 5 heteroatoms. The fourth-order valence-corrected chi connectivity index (χ4v) is 2.96. The molecule has 112 valence electrons. The highest BCUT2D eigenvalue weighted by molar-refractivity contribution is 6.35. The summed E-state index contributed by atoms with van der Waals surface area (Å²) in [5.74, 6) is 0.561. The quantitative estimate of drug-likeness (QED) is 0.868. The molecule has 0 aliphatic carbocycles. The first kappa shape index (κ1) is 16.1. The Morgan fingerprint density at radius 1 is 1.29 bits per heavy atom. The molecule has 1 unspecified atom stereocenters. The van der Waals surface area contributed by atoms with Crippen LogP contribution in [0.2, 0.25) is 10.0 Å². The van der Waals surface area contributed by atoms with E-state index >= 15 is 0 Å². The lowest BCUT2D eigenvalue weighted by Crippen LogP contribution is -2.25. The van der Waals surface area contributed by atoms with Crippen LogP contribution < -0.4 is 11.1 Å². The molecule has 0 saturated carbocycles. The number of nitrogens with one attached hydrogen (secondary N) is 1. The van der Waals surface area contributed by atoms with Crippen molar-refractivity contribution in [2.45, 2.75) is 26.3 Å². The second kappa shape index (κ2) is 7.12. The summed E-state index contributed by atoms with van der Waals surface area (Å²) in [4.78, 5) is 4.20. The summed E-state index contributed by atoms with van der Waals surface area (Å²) in [6, 6.07) is 7.62. The molecule has 0 radical (unpaired) electrons. The Kier molecular flexibility index (Phi) is 5.45. The van der Waals surface area contributed by atoms with E-state index in [0.29, 0.717) is 15.9 Å². The maximum Gasteiger partial charge on any atom is 0.128 e. The predicted molar refractivity (Wildman–Crippen MR) is 90.0 cm³/mol. The van der Waals surface area contributed by atoms with Gasteiger partial charge >= 0.3 is 0 Å². The summed E-state index contributed by atoms with van der Waals surface area (Å²) >= 11 is 12.2. The normalized spacial score (nSPS) is 12.4. The molecule has 1 atom stereocenters. The van der Waals surface area contributed by atoms with Crippen molar-refractivity contribution >= 4 is 29.0 Å². The Balaban J connectivity index is 2.35. The van der Waals surface area contributed by atoms with Crippen molar-refractivity contribution in [3.05, 3.63) is 57.2 Å². The maximum absolute atomic E-state index is 6.28. The summed E-state index contributed by atoms with van der Waals surface area (Å²) in [5.41, 5.74) is 9.26. The molecule has 21 heavy (non-hydrogen) atoms. The molecule has 0 bridgehead atoms. The average Bonchev–Trinajstić information content (AvgIpc) is 2.41. The van der Waals surface area contributed by atoms with Gasteiger partial charge in [-0.05, 0) is 49.2 Å². The fraction of sp³-hybridized carbons (Fsp3) is 0.312. The van der Waals surface area contributed by atoms with Gasteiger partial charge in [0.15, 0.2) is 0 Å². The monoisotopic (exact) mass is 323 g/mol. The molecule has 0 saturated heterocycles. The lowest BCUT2D eigenvalue weighted by atomic mass is 9.96. The van der Waals surface area contributed by atoms with E-state index in [1.807, 2.05) is 25.1 Å². The van der Waals surface area contributed by atoms with Gasteiger partial charge in [0.2, 0.25) is 0 Å². The molecular weight excluding hydrogens is 305 g/mol. The van der Waals surface area contributed by atoms with Gasteiger partial charge in [-0.2, -0.15) is 0 Å². The second-order valence-corrected chi connectivity index (χ2v) is 5.82. The number of hydrogen-bond donors (Lipinski definition) is 2. The summed E-state index contributed by atoms with van der Waals surface area (Å²) in [6.45, 7) is 4.95. The van der Waals surface area contributed by atoms with Gasteiger partial charge in [0.1, 0.15) is 5.82 Å². The molecule has 3 N–H and O–H groups in total. The largest absolute Gasteiger partial charge is 0.383 e. The molecular formula is C16H19Cl2N3. The van der Waals surface area contributed by atoms with Crippen LogP contribution >= 0.6 is 23.2 Å². The molecule has 1 aromatic heterocycles. The number of nitrogen functional groups attached to an aromatic ring is 1. The molecule has 0 fully saturated rings. The van der Waals surface area contributed by atoms with Crippen molar-refractivity contribution in [2.24, 2.45) is 0 Å². The Morgan fingerprint density at radius 2 is 2.05 bits per heavy atom. The summed E-state index contributed by atoms with van der Waals surface area (Å²) < 4.78 is 0. The third-order valence-corrected chi connectivity index (χ3v) is 4.06. The van der Waals surface area contributed by atoms with Gasteiger partial charge in [0.25, 0.3) is 0 Å². The van der Waals surface area contributed by atoms with Crippen molar-refractivity contribution in [2.75, 3.05) is 12.3 Å². The molecule has 2 aromatic rings. The number of nitrogens with zero attached hydrogens (tertiary/aromatic N) is 1. The van der Waals surface area contributed by atoms with Gasteiger partial charge in [-0.15, -0.1) is 0 Å². The van der Waals surface area contributed by atoms with Crippen molar-refractivity contribution in [3.8, 4) is 0 Å². The molecule has 3 nitrogen and oxygen atoms in total. The molecule has 1 aromatic carbocycles. The molecule has 0 aliphatic heterocycles. The van der Waals surface area contributed by atoms with E-state index in [-0.39, 0.29) is 6.04 Å². The van der Waals surface area contributed by atoms with E-state index in [9.17, 15) is 0 Å². The number of aromatic nitrogens is 1. The van der Waals surface area contributed by atoms with Crippen LogP contribution in [0.3, 0.4) is 0 Å². The first-order valence-corrected chi connectivity index (χ1v) is 7.66. The number of benzene rings is 1. The molecule has 2 rings (SSSR count). The van der Waals surface area contributed by atoms with Crippen LogP contribution in [0.15, 0.2) is 30.5 Å². The Hall–Kier alpha value is -1.29. The predicted octanol–water partition coefficient (Wildman–Crippen LogP) is 4.17. The zero-order valence-corrected chi connectivity index (χ0v) is 13.7. The number of hydrogen-bond acceptors (Lipinski definition) is 3. The lowest BCUT2D eigenvalue weighted by molar-refractivity contribution is 0.547. The Morgan fingerprint density at radius 3 is 2.67 bits per heavy atom. The zero-order chi connectivity index (χ0) is 15.4. The number of aryl methyl sites for hydroxylation is 1. The second-order valence-electron chi connectivity index (χ2n) is 4.98. The third-order valence-electron chi connectivity index (χ3n) is 3.48. The minimum atomic E-state index is 0.0716. The third kappa shape index (κ3) is 3.88. The molecule has 0 spiro atoms. The minimum absolute atomic E-state index is 0.0716. The van der Waals surface area contributed by atoms with E-state index in [4.69, 9.17) is 28.9 Å². The number of anilines is 1. The smallest absolute Gasteiger partial charge is 0.128 e. The lowest BCUT2D eigenvalue weighted by Gasteiger charge is -2.22.